The summed E-state index contributed by atoms with van der Waals surface area (Å²) in [7, 11) is 0. The Balaban J connectivity index is 1.44. The van der Waals surface area contributed by atoms with Gasteiger partial charge in [-0.05, 0) is 13.0 Å². The Morgan fingerprint density at radius 1 is 1.04 bits per heavy atom. The maximum Gasteiger partial charge on any atom is 0.275 e. The van der Waals surface area contributed by atoms with E-state index in [2.05, 4.69) is 29.6 Å². The molecule has 0 spiro atoms. The summed E-state index contributed by atoms with van der Waals surface area (Å²) in [5.41, 5.74) is 1.64. The van der Waals surface area contributed by atoms with Crippen molar-refractivity contribution in [2.24, 2.45) is 0 Å². The lowest BCUT2D eigenvalue weighted by atomic mass is 10.1. The zero-order valence-electron chi connectivity index (χ0n) is 15.6. The molecule has 3 rings (SSSR count). The SMILES string of the molecule is C[C@H](NC(=O)C[NH+]1CC[NH+](Cc2ccccc2)CC1)c1ccc(F)cc1F. The second kappa shape index (κ2) is 9.06. The van der Waals surface area contributed by atoms with E-state index in [1.54, 1.807) is 6.92 Å². The number of hydrogen-bond acceptors (Lipinski definition) is 1. The summed E-state index contributed by atoms with van der Waals surface area (Å²) >= 11 is 0. The summed E-state index contributed by atoms with van der Waals surface area (Å²) in [6.07, 6.45) is 0. The number of carbonyl (C=O) groups is 1. The largest absolute Gasteiger partial charge is 0.345 e. The van der Waals surface area contributed by atoms with Gasteiger partial charge in [0.05, 0.1) is 6.04 Å². The van der Waals surface area contributed by atoms with E-state index in [4.69, 9.17) is 0 Å². The monoisotopic (exact) mass is 375 g/mol. The molecule has 2 aromatic carbocycles. The molecular weight excluding hydrogens is 348 g/mol. The predicted molar refractivity (Wildman–Crippen MR) is 99.3 cm³/mol. The van der Waals surface area contributed by atoms with Gasteiger partial charge in [0.15, 0.2) is 6.54 Å². The molecule has 0 aliphatic carbocycles. The van der Waals surface area contributed by atoms with E-state index < -0.39 is 17.7 Å². The molecule has 6 heteroatoms. The van der Waals surface area contributed by atoms with Gasteiger partial charge in [-0.3, -0.25) is 4.79 Å². The van der Waals surface area contributed by atoms with Crippen LogP contribution in [-0.4, -0.2) is 38.6 Å². The second-order valence-corrected chi connectivity index (χ2v) is 7.29. The zero-order chi connectivity index (χ0) is 19.2. The van der Waals surface area contributed by atoms with Crippen LogP contribution in [0.4, 0.5) is 8.78 Å². The van der Waals surface area contributed by atoms with Crippen LogP contribution in [0.15, 0.2) is 48.5 Å². The third kappa shape index (κ3) is 5.58. The number of rotatable bonds is 6. The summed E-state index contributed by atoms with van der Waals surface area (Å²) in [5.74, 6) is -1.35. The van der Waals surface area contributed by atoms with E-state index in [1.807, 2.05) is 6.07 Å². The van der Waals surface area contributed by atoms with Gasteiger partial charge in [-0.25, -0.2) is 8.78 Å². The van der Waals surface area contributed by atoms with E-state index in [1.165, 1.54) is 27.5 Å². The van der Waals surface area contributed by atoms with Gasteiger partial charge in [0.1, 0.15) is 44.4 Å². The van der Waals surface area contributed by atoms with E-state index in [0.29, 0.717) is 12.1 Å². The average molecular weight is 375 g/mol. The molecule has 1 aliphatic heterocycles. The molecule has 1 amide bonds. The van der Waals surface area contributed by atoms with Gasteiger partial charge in [-0.2, -0.15) is 0 Å². The Hall–Kier alpha value is -2.31. The lowest BCUT2D eigenvalue weighted by molar-refractivity contribution is -1.02. The highest BCUT2D eigenvalue weighted by Gasteiger charge is 2.25. The number of benzene rings is 2. The van der Waals surface area contributed by atoms with Crippen molar-refractivity contribution in [3.63, 3.8) is 0 Å². The summed E-state index contributed by atoms with van der Waals surface area (Å²) in [6, 6.07) is 13.4. The number of piperazine rings is 1. The number of nitrogens with one attached hydrogen (secondary N) is 3. The Morgan fingerprint density at radius 3 is 2.37 bits per heavy atom. The van der Waals surface area contributed by atoms with Gasteiger partial charge in [-0.1, -0.05) is 36.4 Å². The van der Waals surface area contributed by atoms with Crippen molar-refractivity contribution in [3.05, 3.63) is 71.3 Å². The van der Waals surface area contributed by atoms with E-state index >= 15 is 0 Å². The van der Waals surface area contributed by atoms with Crippen LogP contribution in [0, 0.1) is 11.6 Å². The molecule has 1 atom stereocenters. The van der Waals surface area contributed by atoms with Crippen LogP contribution in [0.2, 0.25) is 0 Å². The van der Waals surface area contributed by atoms with Crippen molar-refractivity contribution in [2.45, 2.75) is 19.5 Å². The smallest absolute Gasteiger partial charge is 0.275 e. The standard InChI is InChI=1S/C21H25F2N3O/c1-16(19-8-7-18(22)13-20(19)23)24-21(27)15-26-11-9-25(10-12-26)14-17-5-3-2-4-6-17/h2-8,13,16H,9-12,14-15H2,1H3,(H,24,27)/p+2/t16-/m0/s1. The maximum absolute atomic E-state index is 13.8. The lowest BCUT2D eigenvalue weighted by Crippen LogP contribution is -3.28. The van der Waals surface area contributed by atoms with Crippen LogP contribution in [0.1, 0.15) is 24.1 Å². The normalized spacial score (nSPS) is 20.9. The van der Waals surface area contributed by atoms with Gasteiger partial charge >= 0.3 is 0 Å². The van der Waals surface area contributed by atoms with Crippen molar-refractivity contribution < 1.29 is 23.4 Å². The highest BCUT2D eigenvalue weighted by Crippen LogP contribution is 2.17. The van der Waals surface area contributed by atoms with Crippen LogP contribution < -0.4 is 15.1 Å². The fourth-order valence-electron chi connectivity index (χ4n) is 3.65. The minimum Gasteiger partial charge on any atom is -0.345 e. The van der Waals surface area contributed by atoms with E-state index in [9.17, 15) is 13.6 Å². The average Bonchev–Trinajstić information content (AvgIpc) is 2.64. The van der Waals surface area contributed by atoms with Crippen molar-refractivity contribution in [1.29, 1.82) is 0 Å². The minimum atomic E-state index is -0.631. The molecule has 27 heavy (non-hydrogen) atoms. The fourth-order valence-corrected chi connectivity index (χ4v) is 3.65. The summed E-state index contributed by atoms with van der Waals surface area (Å²) < 4.78 is 26.9. The molecule has 0 aromatic heterocycles. The third-order valence-corrected chi connectivity index (χ3v) is 5.18. The highest BCUT2D eigenvalue weighted by atomic mass is 19.1. The quantitative estimate of drug-likeness (QED) is 0.660. The first kappa shape index (κ1) is 19.5. The third-order valence-electron chi connectivity index (χ3n) is 5.18. The van der Waals surface area contributed by atoms with Crippen molar-refractivity contribution in [3.8, 4) is 0 Å². The summed E-state index contributed by atoms with van der Waals surface area (Å²) in [4.78, 5) is 15.1. The van der Waals surface area contributed by atoms with Gasteiger partial charge in [0.25, 0.3) is 5.91 Å². The van der Waals surface area contributed by atoms with E-state index in [-0.39, 0.29) is 5.91 Å². The molecule has 2 aromatic rings. The fraction of sp³-hybridized carbons (Fsp3) is 0.381. The van der Waals surface area contributed by atoms with Gasteiger partial charge in [0, 0.05) is 17.2 Å². The number of hydrogen-bond donors (Lipinski definition) is 3. The number of halogens is 2. The van der Waals surface area contributed by atoms with Crippen LogP contribution in [0.25, 0.3) is 0 Å². The Bertz CT molecular complexity index is 761. The molecule has 1 saturated heterocycles. The van der Waals surface area contributed by atoms with Gasteiger partial charge in [-0.15, -0.1) is 0 Å². The molecule has 0 radical (unpaired) electrons. The Labute approximate surface area is 158 Å². The molecule has 4 nitrogen and oxygen atoms in total. The Kier molecular flexibility index (Phi) is 6.53. The van der Waals surface area contributed by atoms with Gasteiger partial charge < -0.3 is 15.1 Å². The molecule has 3 N–H and O–H groups in total. The zero-order valence-corrected chi connectivity index (χ0v) is 15.6. The van der Waals surface area contributed by atoms with Crippen LogP contribution in [0.3, 0.4) is 0 Å². The van der Waals surface area contributed by atoms with Crippen molar-refractivity contribution >= 4 is 5.91 Å². The van der Waals surface area contributed by atoms with Crippen LogP contribution in [-0.2, 0) is 11.3 Å². The van der Waals surface area contributed by atoms with E-state index in [0.717, 1.165) is 38.8 Å². The number of carbonyl (C=O) groups excluding carboxylic acids is 1. The minimum absolute atomic E-state index is 0.104. The lowest BCUT2D eigenvalue weighted by Gasteiger charge is -2.29. The molecular formula is C21H27F2N3O+2. The first-order valence-electron chi connectivity index (χ1n) is 9.46. The number of quaternary nitrogens is 2. The van der Waals surface area contributed by atoms with Crippen LogP contribution in [0.5, 0.6) is 0 Å². The second-order valence-electron chi connectivity index (χ2n) is 7.29. The van der Waals surface area contributed by atoms with Crippen LogP contribution >= 0.6 is 0 Å². The molecule has 0 saturated carbocycles. The maximum atomic E-state index is 13.8. The molecule has 1 heterocycles. The highest BCUT2D eigenvalue weighted by molar-refractivity contribution is 5.77. The molecule has 0 unspecified atom stereocenters. The Morgan fingerprint density at radius 2 is 1.70 bits per heavy atom. The van der Waals surface area contributed by atoms with Gasteiger partial charge in [0.2, 0.25) is 0 Å². The van der Waals surface area contributed by atoms with Crippen molar-refractivity contribution in [1.82, 2.24) is 5.32 Å². The molecule has 1 fully saturated rings. The summed E-state index contributed by atoms with van der Waals surface area (Å²) in [5, 5.41) is 2.83. The molecule has 0 bridgehead atoms. The first-order valence-corrected chi connectivity index (χ1v) is 9.46. The van der Waals surface area contributed by atoms with Crippen molar-refractivity contribution in [2.75, 3.05) is 32.7 Å². The molecule has 144 valence electrons. The molecule has 1 aliphatic rings. The number of amides is 1. The predicted octanol–water partition coefficient (Wildman–Crippen LogP) is 0.126. The first-order chi connectivity index (χ1) is 13.0. The summed E-state index contributed by atoms with van der Waals surface area (Å²) in [6.45, 7) is 7.04. The topological polar surface area (TPSA) is 38.0 Å².